The summed E-state index contributed by atoms with van der Waals surface area (Å²) in [6, 6.07) is 7.00. The number of nitrogens with one attached hydrogen (secondary N) is 1. The molecule has 1 aromatic carbocycles. The highest BCUT2D eigenvalue weighted by Gasteiger charge is 2.21. The van der Waals surface area contributed by atoms with Gasteiger partial charge in [0.25, 0.3) is 0 Å². The van der Waals surface area contributed by atoms with E-state index in [2.05, 4.69) is 34.0 Å². The summed E-state index contributed by atoms with van der Waals surface area (Å²) in [7, 11) is -3.73. The third-order valence-corrected chi connectivity index (χ3v) is 5.47. The molecule has 3 rings (SSSR count). The number of aromatic nitrogens is 2. The first kappa shape index (κ1) is 19.5. The molecular formula is C18H25N5O3S. The summed E-state index contributed by atoms with van der Waals surface area (Å²) >= 11 is 0. The molecule has 2 heterocycles. The van der Waals surface area contributed by atoms with E-state index in [0.717, 1.165) is 35.6 Å². The van der Waals surface area contributed by atoms with Gasteiger partial charge in [-0.25, -0.2) is 18.5 Å². The lowest BCUT2D eigenvalue weighted by atomic mass is 10.00. The van der Waals surface area contributed by atoms with Gasteiger partial charge in [-0.2, -0.15) is 4.98 Å². The lowest BCUT2D eigenvalue weighted by Crippen LogP contribution is -2.32. The molecule has 0 bridgehead atoms. The van der Waals surface area contributed by atoms with Crippen LogP contribution in [0, 0.1) is 0 Å². The number of hydrogen-bond donors (Lipinski definition) is 3. The Labute approximate surface area is 159 Å². The lowest BCUT2D eigenvalue weighted by molar-refractivity contribution is 0.310. The number of rotatable bonds is 6. The Bertz CT molecular complexity index is 931. The van der Waals surface area contributed by atoms with E-state index < -0.39 is 10.0 Å². The molecule has 0 radical (unpaired) electrons. The minimum absolute atomic E-state index is 0.00196. The second kappa shape index (κ2) is 7.79. The summed E-state index contributed by atoms with van der Waals surface area (Å²) < 4.78 is 23.3. The predicted molar refractivity (Wildman–Crippen MR) is 104 cm³/mol. The van der Waals surface area contributed by atoms with Gasteiger partial charge in [0.2, 0.25) is 16.0 Å². The van der Waals surface area contributed by atoms with Crippen molar-refractivity contribution < 1.29 is 13.5 Å². The van der Waals surface area contributed by atoms with Crippen LogP contribution in [-0.2, 0) is 23.0 Å². The number of anilines is 2. The Morgan fingerprint density at radius 2 is 2.04 bits per heavy atom. The molecule has 4 N–H and O–H groups in total. The Morgan fingerprint density at radius 3 is 2.70 bits per heavy atom. The highest BCUT2D eigenvalue weighted by Crippen LogP contribution is 2.27. The first-order valence-corrected chi connectivity index (χ1v) is 10.5. The molecule has 0 amide bonds. The van der Waals surface area contributed by atoms with Crippen LogP contribution in [0.15, 0.2) is 29.2 Å². The Kier molecular flexibility index (Phi) is 5.64. The monoisotopic (exact) mass is 391 g/mol. The molecule has 2 aromatic rings. The normalized spacial score (nSPS) is 14.3. The van der Waals surface area contributed by atoms with Crippen molar-refractivity contribution in [3.05, 3.63) is 41.1 Å². The predicted octanol–water partition coefficient (Wildman–Crippen LogP) is 1.21. The lowest BCUT2D eigenvalue weighted by Gasteiger charge is -2.30. The first-order chi connectivity index (χ1) is 12.8. The Hall–Kier alpha value is -2.23. The molecule has 0 saturated carbocycles. The van der Waals surface area contributed by atoms with E-state index in [1.165, 1.54) is 0 Å². The van der Waals surface area contributed by atoms with Crippen molar-refractivity contribution in [2.75, 3.05) is 29.9 Å². The molecule has 8 nitrogen and oxygen atoms in total. The molecule has 1 aromatic heterocycles. The molecule has 0 saturated heterocycles. The number of benzene rings is 1. The van der Waals surface area contributed by atoms with Gasteiger partial charge >= 0.3 is 0 Å². The van der Waals surface area contributed by atoms with E-state index in [1.807, 2.05) is 12.1 Å². The average Bonchev–Trinajstić information content (AvgIpc) is 2.64. The minimum Gasteiger partial charge on any atom is -0.395 e. The van der Waals surface area contributed by atoms with Gasteiger partial charge < -0.3 is 15.3 Å². The summed E-state index contributed by atoms with van der Waals surface area (Å²) in [4.78, 5) is 11.3. The van der Waals surface area contributed by atoms with Crippen molar-refractivity contribution in [3.63, 3.8) is 0 Å². The van der Waals surface area contributed by atoms with Crippen LogP contribution in [0.3, 0.4) is 0 Å². The zero-order valence-electron chi connectivity index (χ0n) is 15.5. The van der Waals surface area contributed by atoms with Gasteiger partial charge in [0.05, 0.1) is 17.2 Å². The summed E-state index contributed by atoms with van der Waals surface area (Å²) in [5.41, 5.74) is 2.96. The van der Waals surface area contributed by atoms with Crippen molar-refractivity contribution >= 4 is 21.8 Å². The van der Waals surface area contributed by atoms with E-state index in [0.29, 0.717) is 19.0 Å². The SMILES string of the molecule is CC(C)c1cc(N2CCc3ccc(S(N)(=O)=O)cc3C2)nc(NCCO)n1. The summed E-state index contributed by atoms with van der Waals surface area (Å²) in [5, 5.41) is 17.3. The zero-order valence-corrected chi connectivity index (χ0v) is 16.3. The van der Waals surface area contributed by atoms with Crippen molar-refractivity contribution in [3.8, 4) is 0 Å². The van der Waals surface area contributed by atoms with Crippen molar-refractivity contribution in [2.24, 2.45) is 5.14 Å². The Balaban J connectivity index is 1.92. The number of sulfonamides is 1. The van der Waals surface area contributed by atoms with Crippen LogP contribution in [0.25, 0.3) is 0 Å². The fourth-order valence-electron chi connectivity index (χ4n) is 3.06. The number of nitrogens with two attached hydrogens (primary N) is 1. The third-order valence-electron chi connectivity index (χ3n) is 4.56. The standard InChI is InChI=1S/C18H25N5O3S/c1-12(2)16-10-17(22-18(21-16)20-6-8-24)23-7-5-13-3-4-15(27(19,25)26)9-14(13)11-23/h3-4,9-10,12,24H,5-8,11H2,1-2H3,(H2,19,25,26)(H,20,21,22). The van der Waals surface area contributed by atoms with E-state index in [9.17, 15) is 8.42 Å². The van der Waals surface area contributed by atoms with Gasteiger partial charge in [-0.3, -0.25) is 0 Å². The van der Waals surface area contributed by atoms with Gasteiger partial charge in [0.15, 0.2) is 0 Å². The molecule has 0 unspecified atom stereocenters. The number of hydrogen-bond acceptors (Lipinski definition) is 7. The van der Waals surface area contributed by atoms with E-state index >= 15 is 0 Å². The van der Waals surface area contributed by atoms with Crippen LogP contribution in [-0.4, -0.2) is 43.2 Å². The molecule has 0 spiro atoms. The van der Waals surface area contributed by atoms with E-state index in [4.69, 9.17) is 10.2 Å². The first-order valence-electron chi connectivity index (χ1n) is 8.91. The quantitative estimate of drug-likeness (QED) is 0.677. The maximum absolute atomic E-state index is 11.6. The molecule has 0 atom stereocenters. The van der Waals surface area contributed by atoms with E-state index in [-0.39, 0.29) is 17.4 Å². The summed E-state index contributed by atoms with van der Waals surface area (Å²) in [5.74, 6) is 1.49. The topological polar surface area (TPSA) is 121 Å². The van der Waals surface area contributed by atoms with Crippen LogP contribution >= 0.6 is 0 Å². The van der Waals surface area contributed by atoms with Crippen LogP contribution in [0.4, 0.5) is 11.8 Å². The fourth-order valence-corrected chi connectivity index (χ4v) is 3.63. The van der Waals surface area contributed by atoms with Crippen LogP contribution in [0.5, 0.6) is 0 Å². The molecule has 27 heavy (non-hydrogen) atoms. The number of fused-ring (bicyclic) bond motifs is 1. The number of aliphatic hydroxyl groups is 1. The largest absolute Gasteiger partial charge is 0.395 e. The van der Waals surface area contributed by atoms with Gasteiger partial charge in [-0.15, -0.1) is 0 Å². The van der Waals surface area contributed by atoms with Gasteiger partial charge in [-0.05, 0) is 35.6 Å². The van der Waals surface area contributed by atoms with Gasteiger partial charge in [0.1, 0.15) is 5.82 Å². The Morgan fingerprint density at radius 1 is 1.26 bits per heavy atom. The van der Waals surface area contributed by atoms with E-state index in [1.54, 1.807) is 12.1 Å². The van der Waals surface area contributed by atoms with Gasteiger partial charge in [-0.1, -0.05) is 19.9 Å². The molecule has 146 valence electrons. The maximum atomic E-state index is 11.6. The van der Waals surface area contributed by atoms with Crippen molar-refractivity contribution in [2.45, 2.75) is 37.6 Å². The average molecular weight is 391 g/mol. The smallest absolute Gasteiger partial charge is 0.238 e. The fraction of sp³-hybridized carbons (Fsp3) is 0.444. The van der Waals surface area contributed by atoms with Crippen LogP contribution in [0.1, 0.15) is 36.6 Å². The summed E-state index contributed by atoms with van der Waals surface area (Å²) in [6.07, 6.45) is 0.792. The highest BCUT2D eigenvalue weighted by molar-refractivity contribution is 7.89. The number of aliphatic hydroxyl groups excluding tert-OH is 1. The minimum atomic E-state index is -3.73. The molecule has 1 aliphatic heterocycles. The van der Waals surface area contributed by atoms with Crippen LogP contribution < -0.4 is 15.4 Å². The molecule has 1 aliphatic rings. The van der Waals surface area contributed by atoms with Crippen LogP contribution in [0.2, 0.25) is 0 Å². The highest BCUT2D eigenvalue weighted by atomic mass is 32.2. The third kappa shape index (κ3) is 4.55. The van der Waals surface area contributed by atoms with Crippen molar-refractivity contribution in [1.29, 1.82) is 0 Å². The molecule has 0 fully saturated rings. The maximum Gasteiger partial charge on any atom is 0.238 e. The second-order valence-electron chi connectivity index (χ2n) is 6.93. The second-order valence-corrected chi connectivity index (χ2v) is 8.49. The molecule has 0 aliphatic carbocycles. The number of nitrogens with zero attached hydrogens (tertiary/aromatic N) is 3. The van der Waals surface area contributed by atoms with Gasteiger partial charge in [0, 0.05) is 25.7 Å². The summed E-state index contributed by atoms with van der Waals surface area (Å²) in [6.45, 7) is 5.82. The molecule has 9 heteroatoms. The number of primary sulfonamides is 1. The molecular weight excluding hydrogens is 366 g/mol. The van der Waals surface area contributed by atoms with Crippen molar-refractivity contribution in [1.82, 2.24) is 9.97 Å². The zero-order chi connectivity index (χ0) is 19.6.